The van der Waals surface area contributed by atoms with Crippen LogP contribution in [0.25, 0.3) is 0 Å². The van der Waals surface area contributed by atoms with Crippen LogP contribution in [0, 0.1) is 5.82 Å². The Morgan fingerprint density at radius 3 is 2.55 bits per heavy atom. The number of hydrogen-bond donors (Lipinski definition) is 1. The molecule has 156 valence electrons. The molecule has 0 bridgehead atoms. The van der Waals surface area contributed by atoms with Crippen molar-refractivity contribution in [3.05, 3.63) is 65.5 Å². The number of hydrogen-bond acceptors (Lipinski definition) is 3. The lowest BCUT2D eigenvalue weighted by molar-refractivity contribution is 0.206. The number of carbonyl (C=O) groups excluding carboxylic acids is 1. The molecule has 1 aliphatic rings. The molecule has 1 fully saturated rings. The molecule has 0 spiro atoms. The Balaban J connectivity index is 1.67. The Morgan fingerprint density at radius 1 is 1.10 bits per heavy atom. The number of benzene rings is 2. The Kier molecular flexibility index (Phi) is 6.87. The van der Waals surface area contributed by atoms with Gasteiger partial charge in [-0.1, -0.05) is 36.8 Å². The van der Waals surface area contributed by atoms with Gasteiger partial charge < -0.3 is 10.2 Å². The van der Waals surface area contributed by atoms with Crippen LogP contribution in [-0.2, 0) is 23.1 Å². The minimum absolute atomic E-state index is 0.0928. The molecule has 2 amide bonds. The van der Waals surface area contributed by atoms with Gasteiger partial charge in [-0.25, -0.2) is 17.6 Å². The number of nitrogens with one attached hydrogen (secondary N) is 1. The molecule has 1 aliphatic heterocycles. The molecule has 6 nitrogen and oxygen atoms in total. The van der Waals surface area contributed by atoms with Gasteiger partial charge in [0.25, 0.3) is 0 Å². The minimum Gasteiger partial charge on any atom is -0.334 e. The topological polar surface area (TPSA) is 69.7 Å². The summed E-state index contributed by atoms with van der Waals surface area (Å²) in [5.41, 5.74) is 1.22. The molecule has 3 rings (SSSR count). The van der Waals surface area contributed by atoms with E-state index in [1.54, 1.807) is 43.4 Å². The molecule has 1 saturated heterocycles. The number of rotatable bonds is 6. The summed E-state index contributed by atoms with van der Waals surface area (Å²) in [6, 6.07) is 12.5. The van der Waals surface area contributed by atoms with Gasteiger partial charge in [-0.15, -0.1) is 0 Å². The van der Waals surface area contributed by atoms with E-state index in [1.807, 2.05) is 0 Å². The predicted molar refractivity (Wildman–Crippen MR) is 109 cm³/mol. The first-order valence-electron chi connectivity index (χ1n) is 9.69. The number of urea groups is 1. The van der Waals surface area contributed by atoms with Gasteiger partial charge in [-0.3, -0.25) is 0 Å². The summed E-state index contributed by atoms with van der Waals surface area (Å²) in [6.45, 7) is 1.39. The van der Waals surface area contributed by atoms with Crippen molar-refractivity contribution in [1.82, 2.24) is 14.5 Å². The van der Waals surface area contributed by atoms with E-state index in [2.05, 4.69) is 5.32 Å². The number of carbonyl (C=O) groups is 1. The third-order valence-electron chi connectivity index (χ3n) is 4.99. The molecule has 2 aromatic rings. The van der Waals surface area contributed by atoms with Crippen molar-refractivity contribution < 1.29 is 17.6 Å². The van der Waals surface area contributed by atoms with Crippen molar-refractivity contribution in [2.75, 3.05) is 20.1 Å². The van der Waals surface area contributed by atoms with Gasteiger partial charge in [-0.2, -0.15) is 4.31 Å². The van der Waals surface area contributed by atoms with E-state index in [0.717, 1.165) is 19.3 Å². The predicted octanol–water partition coefficient (Wildman–Crippen LogP) is 3.34. The van der Waals surface area contributed by atoms with E-state index in [4.69, 9.17) is 0 Å². The molecule has 0 aliphatic carbocycles. The second-order valence-electron chi connectivity index (χ2n) is 7.22. The molecule has 0 atom stereocenters. The Hall–Kier alpha value is -2.45. The first-order chi connectivity index (χ1) is 13.9. The third kappa shape index (κ3) is 5.33. The fourth-order valence-electron chi connectivity index (χ4n) is 3.43. The van der Waals surface area contributed by atoms with Crippen LogP contribution >= 0.6 is 0 Å². The summed E-state index contributed by atoms with van der Waals surface area (Å²) >= 11 is 0. The number of sulfonamides is 1. The van der Waals surface area contributed by atoms with E-state index in [0.29, 0.717) is 24.2 Å². The third-order valence-corrected chi connectivity index (χ3v) is 6.99. The Labute approximate surface area is 171 Å². The monoisotopic (exact) mass is 419 g/mol. The Bertz CT molecular complexity index is 959. The van der Waals surface area contributed by atoms with Crippen LogP contribution in [0.5, 0.6) is 0 Å². The average molecular weight is 420 g/mol. The van der Waals surface area contributed by atoms with Crippen LogP contribution in [0.3, 0.4) is 0 Å². The fraction of sp³-hybridized carbons (Fsp3) is 0.381. The van der Waals surface area contributed by atoms with Gasteiger partial charge in [0.05, 0.1) is 4.90 Å². The highest BCUT2D eigenvalue weighted by molar-refractivity contribution is 7.89. The molecule has 8 heteroatoms. The summed E-state index contributed by atoms with van der Waals surface area (Å²) in [4.78, 5) is 14.1. The smallest absolute Gasteiger partial charge is 0.317 e. The first kappa shape index (κ1) is 21.3. The SMILES string of the molecule is CN(Cc1cccc(F)c1)C(=O)NCc1ccccc1S(=O)(=O)N1CCCCC1. The van der Waals surface area contributed by atoms with E-state index < -0.39 is 10.0 Å². The maximum atomic E-state index is 13.3. The van der Waals surface area contributed by atoms with Crippen molar-refractivity contribution >= 4 is 16.1 Å². The largest absolute Gasteiger partial charge is 0.334 e. The first-order valence-corrected chi connectivity index (χ1v) is 11.1. The van der Waals surface area contributed by atoms with E-state index in [-0.39, 0.29) is 29.8 Å². The lowest BCUT2D eigenvalue weighted by atomic mass is 10.2. The summed E-state index contributed by atoms with van der Waals surface area (Å²) in [5.74, 6) is -0.354. The molecular formula is C21H26FN3O3S. The average Bonchev–Trinajstić information content (AvgIpc) is 2.72. The zero-order chi connectivity index (χ0) is 20.9. The number of nitrogens with zero attached hydrogens (tertiary/aromatic N) is 2. The van der Waals surface area contributed by atoms with Crippen molar-refractivity contribution in [3.8, 4) is 0 Å². The van der Waals surface area contributed by atoms with Gasteiger partial charge in [0, 0.05) is 33.2 Å². The lowest BCUT2D eigenvalue weighted by Crippen LogP contribution is -2.38. The van der Waals surface area contributed by atoms with Crippen molar-refractivity contribution in [3.63, 3.8) is 0 Å². The molecule has 0 unspecified atom stereocenters. The quantitative estimate of drug-likeness (QED) is 0.781. The molecule has 29 heavy (non-hydrogen) atoms. The van der Waals surface area contributed by atoms with Crippen LogP contribution in [0.1, 0.15) is 30.4 Å². The maximum Gasteiger partial charge on any atom is 0.317 e. The number of piperidine rings is 1. The number of amides is 2. The van der Waals surface area contributed by atoms with Crippen LogP contribution in [0.15, 0.2) is 53.4 Å². The zero-order valence-corrected chi connectivity index (χ0v) is 17.3. The summed E-state index contributed by atoms with van der Waals surface area (Å²) in [7, 11) is -1.98. The molecule has 2 aromatic carbocycles. The van der Waals surface area contributed by atoms with Crippen molar-refractivity contribution in [2.45, 2.75) is 37.2 Å². The summed E-state index contributed by atoms with van der Waals surface area (Å²) < 4.78 is 40.9. The van der Waals surface area contributed by atoms with E-state index in [9.17, 15) is 17.6 Å². The van der Waals surface area contributed by atoms with Gasteiger partial charge in [-0.05, 0) is 42.2 Å². The van der Waals surface area contributed by atoms with Gasteiger partial charge in [0.1, 0.15) is 5.82 Å². The van der Waals surface area contributed by atoms with Crippen LogP contribution < -0.4 is 5.32 Å². The van der Waals surface area contributed by atoms with Crippen molar-refractivity contribution in [2.24, 2.45) is 0 Å². The lowest BCUT2D eigenvalue weighted by Gasteiger charge is -2.27. The molecule has 0 radical (unpaired) electrons. The van der Waals surface area contributed by atoms with Crippen LogP contribution in [0.4, 0.5) is 9.18 Å². The van der Waals surface area contributed by atoms with Crippen molar-refractivity contribution in [1.29, 1.82) is 0 Å². The number of halogens is 1. The second kappa shape index (κ2) is 9.37. The molecule has 1 N–H and O–H groups in total. The van der Waals surface area contributed by atoms with Crippen LogP contribution in [0.2, 0.25) is 0 Å². The van der Waals surface area contributed by atoms with Gasteiger partial charge in [0.2, 0.25) is 10.0 Å². The van der Waals surface area contributed by atoms with E-state index >= 15 is 0 Å². The van der Waals surface area contributed by atoms with Gasteiger partial charge >= 0.3 is 6.03 Å². The fourth-order valence-corrected chi connectivity index (χ4v) is 5.17. The Morgan fingerprint density at radius 2 is 1.83 bits per heavy atom. The standard InChI is InChI=1S/C21H26FN3O3S/c1-24(16-17-8-7-10-19(22)14-17)21(26)23-15-18-9-3-4-11-20(18)29(27,28)25-12-5-2-6-13-25/h3-4,7-11,14H,2,5-6,12-13,15-16H2,1H3,(H,23,26). The van der Waals surface area contributed by atoms with E-state index in [1.165, 1.54) is 21.3 Å². The highest BCUT2D eigenvalue weighted by atomic mass is 32.2. The second-order valence-corrected chi connectivity index (χ2v) is 9.12. The normalized spacial score (nSPS) is 15.1. The zero-order valence-electron chi connectivity index (χ0n) is 16.5. The molecule has 0 saturated carbocycles. The molecule has 1 heterocycles. The highest BCUT2D eigenvalue weighted by Gasteiger charge is 2.28. The maximum absolute atomic E-state index is 13.3. The molecule has 0 aromatic heterocycles. The summed E-state index contributed by atoms with van der Waals surface area (Å²) in [6.07, 6.45) is 2.77. The summed E-state index contributed by atoms with van der Waals surface area (Å²) in [5, 5.41) is 2.76. The van der Waals surface area contributed by atoms with Gasteiger partial charge in [0.15, 0.2) is 0 Å². The minimum atomic E-state index is -3.59. The van der Waals surface area contributed by atoms with Crippen LogP contribution in [-0.4, -0.2) is 43.8 Å². The highest BCUT2D eigenvalue weighted by Crippen LogP contribution is 2.23. The molecular weight excluding hydrogens is 393 g/mol.